The van der Waals surface area contributed by atoms with Gasteiger partial charge in [0.2, 0.25) is 5.95 Å². The monoisotopic (exact) mass is 242 g/mol. The average Bonchev–Trinajstić information content (AvgIpc) is 2.15. The molecule has 1 unspecified atom stereocenters. The molecule has 1 aromatic heterocycles. The summed E-state index contributed by atoms with van der Waals surface area (Å²) < 4.78 is 5.45. The summed E-state index contributed by atoms with van der Waals surface area (Å²) in [5, 5.41) is 3.64. The molecule has 0 radical (unpaired) electrons. The molecule has 0 spiro atoms. The Morgan fingerprint density at radius 2 is 2.38 bits per heavy atom. The highest BCUT2D eigenvalue weighted by molar-refractivity contribution is 6.29. The molecule has 0 saturated carbocycles. The normalized spacial score (nSPS) is 25.4. The van der Waals surface area contributed by atoms with Crippen molar-refractivity contribution < 1.29 is 4.74 Å². The SMILES string of the molecule is CC1(Nc2cc(Cl)nc(N)n2)CCCOC1. The number of hydrogen-bond donors (Lipinski definition) is 2. The zero-order valence-electron chi connectivity index (χ0n) is 9.16. The van der Waals surface area contributed by atoms with Crippen molar-refractivity contribution in [2.24, 2.45) is 0 Å². The Morgan fingerprint density at radius 1 is 1.56 bits per heavy atom. The first-order valence-electron chi connectivity index (χ1n) is 5.23. The lowest BCUT2D eigenvalue weighted by Crippen LogP contribution is -2.43. The number of hydrogen-bond acceptors (Lipinski definition) is 5. The molecule has 1 atom stereocenters. The molecule has 16 heavy (non-hydrogen) atoms. The predicted molar refractivity (Wildman–Crippen MR) is 63.5 cm³/mol. The molecule has 1 fully saturated rings. The Bertz CT molecular complexity index is 359. The minimum atomic E-state index is -0.109. The van der Waals surface area contributed by atoms with Crippen molar-refractivity contribution in [3.05, 3.63) is 11.2 Å². The third kappa shape index (κ3) is 2.74. The molecule has 88 valence electrons. The molecule has 0 aromatic carbocycles. The Kier molecular flexibility index (Phi) is 3.16. The molecule has 2 rings (SSSR count). The van der Waals surface area contributed by atoms with E-state index in [1.807, 2.05) is 0 Å². The highest BCUT2D eigenvalue weighted by Gasteiger charge is 2.27. The van der Waals surface area contributed by atoms with Gasteiger partial charge in [-0.2, -0.15) is 4.98 Å². The van der Waals surface area contributed by atoms with E-state index < -0.39 is 0 Å². The first kappa shape index (κ1) is 11.4. The van der Waals surface area contributed by atoms with Crippen LogP contribution >= 0.6 is 11.6 Å². The fraction of sp³-hybridized carbons (Fsp3) is 0.600. The second kappa shape index (κ2) is 4.43. The van der Waals surface area contributed by atoms with Gasteiger partial charge in [0, 0.05) is 12.7 Å². The van der Waals surface area contributed by atoms with Crippen molar-refractivity contribution in [1.82, 2.24) is 9.97 Å². The van der Waals surface area contributed by atoms with Gasteiger partial charge in [-0.15, -0.1) is 0 Å². The van der Waals surface area contributed by atoms with Crippen LogP contribution in [0.5, 0.6) is 0 Å². The van der Waals surface area contributed by atoms with Gasteiger partial charge in [-0.1, -0.05) is 11.6 Å². The molecular weight excluding hydrogens is 228 g/mol. The minimum absolute atomic E-state index is 0.109. The van der Waals surface area contributed by atoms with Crippen LogP contribution in [0.15, 0.2) is 6.07 Å². The summed E-state index contributed by atoms with van der Waals surface area (Å²) in [5.74, 6) is 0.820. The summed E-state index contributed by atoms with van der Waals surface area (Å²) in [5.41, 5.74) is 5.42. The minimum Gasteiger partial charge on any atom is -0.379 e. The number of nitrogens with zero attached hydrogens (tertiary/aromatic N) is 2. The van der Waals surface area contributed by atoms with E-state index >= 15 is 0 Å². The zero-order valence-corrected chi connectivity index (χ0v) is 9.92. The number of nitrogens with two attached hydrogens (primary N) is 1. The smallest absolute Gasteiger partial charge is 0.223 e. The molecule has 0 bridgehead atoms. The third-order valence-electron chi connectivity index (χ3n) is 2.58. The topological polar surface area (TPSA) is 73.1 Å². The Hall–Kier alpha value is -1.07. The summed E-state index contributed by atoms with van der Waals surface area (Å²) >= 11 is 5.81. The van der Waals surface area contributed by atoms with Crippen molar-refractivity contribution in [3.63, 3.8) is 0 Å². The Morgan fingerprint density at radius 3 is 3.00 bits per heavy atom. The van der Waals surface area contributed by atoms with Gasteiger partial charge in [-0.3, -0.25) is 0 Å². The lowest BCUT2D eigenvalue weighted by atomic mass is 9.95. The fourth-order valence-corrected chi connectivity index (χ4v) is 2.03. The molecule has 1 aliphatic heterocycles. The van der Waals surface area contributed by atoms with Crippen LogP contribution in [0.2, 0.25) is 5.15 Å². The quantitative estimate of drug-likeness (QED) is 0.773. The van der Waals surface area contributed by atoms with Crippen molar-refractivity contribution in [3.8, 4) is 0 Å². The van der Waals surface area contributed by atoms with E-state index in [1.54, 1.807) is 6.07 Å². The van der Waals surface area contributed by atoms with E-state index in [0.717, 1.165) is 19.4 Å². The second-order valence-corrected chi connectivity index (χ2v) is 4.66. The summed E-state index contributed by atoms with van der Waals surface area (Å²) in [6.07, 6.45) is 2.08. The second-order valence-electron chi connectivity index (χ2n) is 4.28. The Balaban J connectivity index is 2.13. The molecular formula is C10H15ClN4O. The van der Waals surface area contributed by atoms with E-state index in [2.05, 4.69) is 22.2 Å². The van der Waals surface area contributed by atoms with E-state index in [9.17, 15) is 0 Å². The van der Waals surface area contributed by atoms with Crippen molar-refractivity contribution in [2.75, 3.05) is 24.3 Å². The lowest BCUT2D eigenvalue weighted by Gasteiger charge is -2.34. The number of ether oxygens (including phenoxy) is 1. The molecule has 1 saturated heterocycles. The van der Waals surface area contributed by atoms with E-state index in [1.165, 1.54) is 0 Å². The largest absolute Gasteiger partial charge is 0.379 e. The number of anilines is 2. The van der Waals surface area contributed by atoms with Gasteiger partial charge in [0.25, 0.3) is 0 Å². The van der Waals surface area contributed by atoms with Gasteiger partial charge in [0.05, 0.1) is 12.1 Å². The first-order valence-corrected chi connectivity index (χ1v) is 5.61. The maximum atomic E-state index is 5.81. The Labute approximate surface area is 99.4 Å². The molecule has 1 aromatic rings. The van der Waals surface area contributed by atoms with Gasteiger partial charge < -0.3 is 15.8 Å². The van der Waals surface area contributed by atoms with Crippen LogP contribution < -0.4 is 11.1 Å². The first-order chi connectivity index (χ1) is 7.57. The van der Waals surface area contributed by atoms with Crippen LogP contribution in [0.3, 0.4) is 0 Å². The zero-order chi connectivity index (χ0) is 11.6. The molecule has 0 amide bonds. The van der Waals surface area contributed by atoms with E-state index in [0.29, 0.717) is 17.6 Å². The molecule has 3 N–H and O–H groups in total. The number of nitrogen functional groups attached to an aromatic ring is 1. The van der Waals surface area contributed by atoms with Crippen molar-refractivity contribution in [2.45, 2.75) is 25.3 Å². The summed E-state index contributed by atoms with van der Waals surface area (Å²) in [7, 11) is 0. The maximum Gasteiger partial charge on any atom is 0.223 e. The number of halogens is 1. The van der Waals surface area contributed by atoms with Crippen LogP contribution in [0.4, 0.5) is 11.8 Å². The van der Waals surface area contributed by atoms with E-state index in [4.69, 9.17) is 22.1 Å². The molecule has 2 heterocycles. The number of aromatic nitrogens is 2. The number of nitrogens with one attached hydrogen (secondary N) is 1. The lowest BCUT2D eigenvalue weighted by molar-refractivity contribution is 0.0539. The summed E-state index contributed by atoms with van der Waals surface area (Å²) in [6, 6.07) is 1.66. The van der Waals surface area contributed by atoms with Crippen molar-refractivity contribution >= 4 is 23.4 Å². The van der Waals surface area contributed by atoms with E-state index in [-0.39, 0.29) is 11.5 Å². The highest BCUT2D eigenvalue weighted by Crippen LogP contribution is 2.24. The highest BCUT2D eigenvalue weighted by atomic mass is 35.5. The third-order valence-corrected chi connectivity index (χ3v) is 2.77. The molecule has 5 nitrogen and oxygen atoms in total. The van der Waals surface area contributed by atoms with Crippen LogP contribution in [0, 0.1) is 0 Å². The van der Waals surface area contributed by atoms with Crippen molar-refractivity contribution in [1.29, 1.82) is 0 Å². The standard InChI is InChI=1S/C10H15ClN4O/c1-10(3-2-4-16-6-10)15-8-5-7(11)13-9(12)14-8/h5H,2-4,6H2,1H3,(H3,12,13,14,15). The van der Waals surface area contributed by atoms with Gasteiger partial charge in [-0.25, -0.2) is 4.98 Å². The summed E-state index contributed by atoms with van der Waals surface area (Å²) in [6.45, 7) is 3.58. The van der Waals surface area contributed by atoms with Gasteiger partial charge >= 0.3 is 0 Å². The summed E-state index contributed by atoms with van der Waals surface area (Å²) in [4.78, 5) is 7.90. The van der Waals surface area contributed by atoms with Crippen LogP contribution in [-0.2, 0) is 4.74 Å². The number of rotatable bonds is 2. The van der Waals surface area contributed by atoms with Crippen LogP contribution in [0.1, 0.15) is 19.8 Å². The molecule has 0 aliphatic carbocycles. The van der Waals surface area contributed by atoms with Gasteiger partial charge in [0.1, 0.15) is 11.0 Å². The van der Waals surface area contributed by atoms with Crippen LogP contribution in [-0.4, -0.2) is 28.7 Å². The molecule has 6 heteroatoms. The van der Waals surface area contributed by atoms with Gasteiger partial charge in [0.15, 0.2) is 0 Å². The predicted octanol–water partition coefficient (Wildman–Crippen LogP) is 1.69. The maximum absolute atomic E-state index is 5.81. The fourth-order valence-electron chi connectivity index (χ4n) is 1.84. The molecule has 1 aliphatic rings. The van der Waals surface area contributed by atoms with Crippen LogP contribution in [0.25, 0.3) is 0 Å². The van der Waals surface area contributed by atoms with Gasteiger partial charge in [-0.05, 0) is 19.8 Å². The average molecular weight is 243 g/mol.